The Balaban J connectivity index is 1.49. The van der Waals surface area contributed by atoms with Crippen LogP contribution in [0.5, 0.6) is 0 Å². The molecule has 2 atom stereocenters. The van der Waals surface area contributed by atoms with Crippen molar-refractivity contribution < 1.29 is 14.0 Å². The molecule has 3 heterocycles. The smallest absolute Gasteiger partial charge is 0.174 e. The number of pyridine rings is 1. The second kappa shape index (κ2) is 9.58. The molecule has 0 saturated carbocycles. The van der Waals surface area contributed by atoms with Crippen molar-refractivity contribution in [3.8, 4) is 11.1 Å². The topological polar surface area (TPSA) is 93.1 Å². The van der Waals surface area contributed by atoms with E-state index < -0.39 is 0 Å². The maximum absolute atomic E-state index is 14.9. The summed E-state index contributed by atoms with van der Waals surface area (Å²) in [6.45, 7) is 3.75. The lowest BCUT2D eigenvalue weighted by molar-refractivity contribution is 0.0826. The molecule has 0 amide bonds. The van der Waals surface area contributed by atoms with Crippen molar-refractivity contribution in [2.45, 2.75) is 38.7 Å². The first-order valence-corrected chi connectivity index (χ1v) is 11.4. The quantitative estimate of drug-likeness (QED) is 0.358. The summed E-state index contributed by atoms with van der Waals surface area (Å²) in [5.74, 6) is 0.0804. The number of aromatic amines is 1. The number of hydrogen-bond donors (Lipinski definition) is 1. The number of oxime groups is 1. The van der Waals surface area contributed by atoms with Crippen molar-refractivity contribution >= 4 is 11.5 Å². The van der Waals surface area contributed by atoms with Crippen LogP contribution in [0.2, 0.25) is 0 Å². The molecule has 0 bridgehead atoms. The van der Waals surface area contributed by atoms with E-state index in [0.717, 1.165) is 16.8 Å². The van der Waals surface area contributed by atoms with E-state index in [1.807, 2.05) is 44.2 Å². The Hall–Kier alpha value is -4.20. The first-order valence-electron chi connectivity index (χ1n) is 11.4. The molecule has 0 aliphatic carbocycles. The molecule has 2 unspecified atom stereocenters. The lowest BCUT2D eigenvalue weighted by Crippen LogP contribution is -2.09. The van der Waals surface area contributed by atoms with Gasteiger partial charge in [0.15, 0.2) is 11.9 Å². The Bertz CT molecular complexity index is 1390. The van der Waals surface area contributed by atoms with Crippen molar-refractivity contribution in [3.05, 3.63) is 101 Å². The van der Waals surface area contributed by atoms with E-state index in [2.05, 4.69) is 25.3 Å². The summed E-state index contributed by atoms with van der Waals surface area (Å²) in [6, 6.07) is 16.1. The lowest BCUT2D eigenvalue weighted by atomic mass is 9.91. The van der Waals surface area contributed by atoms with Gasteiger partial charge in [-0.2, -0.15) is 5.10 Å². The number of carbonyl (C=O) groups excluding carboxylic acids is 1. The number of H-pyrrole nitrogens is 1. The molecule has 1 aliphatic rings. The van der Waals surface area contributed by atoms with Gasteiger partial charge in [0, 0.05) is 41.6 Å². The Morgan fingerprint density at radius 3 is 2.74 bits per heavy atom. The number of nitrogens with zero attached hydrogens (tertiary/aromatic N) is 4. The number of aromatic nitrogens is 4. The predicted octanol–water partition coefficient (Wildman–Crippen LogP) is 5.56. The fraction of sp³-hybridized carbons (Fsp3) is 0.222. The van der Waals surface area contributed by atoms with Crippen LogP contribution in [0.15, 0.2) is 72.3 Å². The Kier molecular flexibility index (Phi) is 6.18. The summed E-state index contributed by atoms with van der Waals surface area (Å²) in [6.07, 6.45) is 3.55. The molecule has 7 nitrogen and oxygen atoms in total. The van der Waals surface area contributed by atoms with Gasteiger partial charge in [-0.1, -0.05) is 30.3 Å². The van der Waals surface area contributed by atoms with Gasteiger partial charge in [0.1, 0.15) is 18.0 Å². The van der Waals surface area contributed by atoms with E-state index in [4.69, 9.17) is 4.84 Å². The molecule has 35 heavy (non-hydrogen) atoms. The summed E-state index contributed by atoms with van der Waals surface area (Å²) >= 11 is 0. The van der Waals surface area contributed by atoms with Gasteiger partial charge in [-0.3, -0.25) is 14.9 Å². The molecule has 0 radical (unpaired) electrons. The number of carbonyl (C=O) groups is 1. The normalized spacial score (nSPS) is 16.0. The molecular weight excluding hydrogens is 445 g/mol. The van der Waals surface area contributed by atoms with Crippen molar-refractivity contribution in [2.24, 2.45) is 5.16 Å². The molecule has 0 fully saturated rings. The highest BCUT2D eigenvalue weighted by molar-refractivity contribution is 6.06. The van der Waals surface area contributed by atoms with Gasteiger partial charge in [0.25, 0.3) is 0 Å². The average molecular weight is 470 g/mol. The third kappa shape index (κ3) is 4.87. The number of aryl methyl sites for hydroxylation is 1. The Morgan fingerprint density at radius 2 is 2.00 bits per heavy atom. The number of hydrogen-bond acceptors (Lipinski definition) is 6. The maximum Gasteiger partial charge on any atom is 0.174 e. The summed E-state index contributed by atoms with van der Waals surface area (Å²) in [5, 5.41) is 11.0. The van der Waals surface area contributed by atoms with Gasteiger partial charge in [-0.25, -0.2) is 9.37 Å². The molecule has 8 heteroatoms. The number of rotatable bonds is 7. The minimum atomic E-state index is -0.341. The van der Waals surface area contributed by atoms with E-state index >= 15 is 0 Å². The first-order chi connectivity index (χ1) is 17.0. The zero-order valence-corrected chi connectivity index (χ0v) is 19.4. The minimum Gasteiger partial charge on any atom is -0.385 e. The van der Waals surface area contributed by atoms with Crippen LogP contribution in [0, 0.1) is 12.7 Å². The molecule has 1 N–H and O–H groups in total. The monoisotopic (exact) mass is 469 g/mol. The number of ketones is 1. The van der Waals surface area contributed by atoms with Crippen molar-refractivity contribution in [2.75, 3.05) is 0 Å². The molecule has 2 aromatic heterocycles. The lowest BCUT2D eigenvalue weighted by Gasteiger charge is -2.12. The highest BCUT2D eigenvalue weighted by Crippen LogP contribution is 2.32. The number of nitrogens with one attached hydrogen (secondary N) is 1. The summed E-state index contributed by atoms with van der Waals surface area (Å²) in [4.78, 5) is 27.5. The highest BCUT2D eigenvalue weighted by atomic mass is 19.1. The van der Waals surface area contributed by atoms with Gasteiger partial charge in [0.2, 0.25) is 0 Å². The first kappa shape index (κ1) is 22.6. The van der Waals surface area contributed by atoms with E-state index in [-0.39, 0.29) is 30.0 Å². The maximum atomic E-state index is 14.9. The molecule has 4 aromatic rings. The second-order valence-electron chi connectivity index (χ2n) is 8.77. The SMILES string of the molecule is Cc1ccc(-c2cc(C(=O)CC(C)c3ncn[nH]3)cc(C3=NOC(c4ccccn4)C3)c2)c(F)c1. The summed E-state index contributed by atoms with van der Waals surface area (Å²) in [7, 11) is 0. The van der Waals surface area contributed by atoms with Gasteiger partial charge in [-0.05, 0) is 54.4 Å². The van der Waals surface area contributed by atoms with Crippen LogP contribution < -0.4 is 0 Å². The Labute approximate surface area is 202 Å². The van der Waals surface area contributed by atoms with Gasteiger partial charge in [0.05, 0.1) is 11.4 Å². The fourth-order valence-corrected chi connectivity index (χ4v) is 4.18. The molecule has 176 valence electrons. The van der Waals surface area contributed by atoms with E-state index in [9.17, 15) is 9.18 Å². The number of benzene rings is 2. The van der Waals surface area contributed by atoms with Gasteiger partial charge < -0.3 is 4.84 Å². The second-order valence-corrected chi connectivity index (χ2v) is 8.77. The van der Waals surface area contributed by atoms with E-state index in [1.165, 1.54) is 12.4 Å². The predicted molar refractivity (Wildman–Crippen MR) is 130 cm³/mol. The standard InChI is InChI=1S/C27H24FN5O2/c1-16-6-7-21(22(28)9-16)18-11-19(24-14-26(35-33-24)23-5-3-4-8-29-23)13-20(12-18)25(34)10-17(2)27-30-15-31-32-27/h3-9,11-13,15,17,26H,10,14H2,1-2H3,(H,30,31,32). The zero-order chi connectivity index (χ0) is 24.4. The minimum absolute atomic E-state index is 0.0784. The van der Waals surface area contributed by atoms with Crippen LogP contribution in [0.4, 0.5) is 4.39 Å². The average Bonchev–Trinajstić information content (AvgIpc) is 3.57. The van der Waals surface area contributed by atoms with Gasteiger partial charge >= 0.3 is 0 Å². The molecule has 2 aromatic carbocycles. The molecular formula is C27H24FN5O2. The molecule has 0 spiro atoms. The van der Waals surface area contributed by atoms with Crippen LogP contribution in [-0.2, 0) is 4.84 Å². The van der Waals surface area contributed by atoms with Crippen LogP contribution in [-0.4, -0.2) is 31.7 Å². The summed E-state index contributed by atoms with van der Waals surface area (Å²) < 4.78 is 14.9. The molecule has 1 aliphatic heterocycles. The molecule has 0 saturated heterocycles. The van der Waals surface area contributed by atoms with Crippen molar-refractivity contribution in [3.63, 3.8) is 0 Å². The van der Waals surface area contributed by atoms with Crippen LogP contribution in [0.1, 0.15) is 64.8 Å². The fourth-order valence-electron chi connectivity index (χ4n) is 4.18. The van der Waals surface area contributed by atoms with E-state index in [0.29, 0.717) is 34.6 Å². The van der Waals surface area contributed by atoms with Crippen LogP contribution >= 0.6 is 0 Å². The van der Waals surface area contributed by atoms with Gasteiger partial charge in [-0.15, -0.1) is 0 Å². The zero-order valence-electron chi connectivity index (χ0n) is 19.4. The Morgan fingerprint density at radius 1 is 1.14 bits per heavy atom. The van der Waals surface area contributed by atoms with Crippen molar-refractivity contribution in [1.29, 1.82) is 0 Å². The van der Waals surface area contributed by atoms with Crippen LogP contribution in [0.3, 0.4) is 0 Å². The number of halogens is 1. The third-order valence-corrected chi connectivity index (χ3v) is 6.10. The number of Topliss-reactive ketones (excluding diaryl/α,β-unsaturated/α-hetero) is 1. The largest absolute Gasteiger partial charge is 0.385 e. The van der Waals surface area contributed by atoms with Crippen molar-refractivity contribution in [1.82, 2.24) is 20.2 Å². The molecule has 5 rings (SSSR count). The van der Waals surface area contributed by atoms with E-state index in [1.54, 1.807) is 24.4 Å². The summed E-state index contributed by atoms with van der Waals surface area (Å²) in [5.41, 5.74) is 4.53. The highest BCUT2D eigenvalue weighted by Gasteiger charge is 2.26. The van der Waals surface area contributed by atoms with Crippen LogP contribution in [0.25, 0.3) is 11.1 Å². The third-order valence-electron chi connectivity index (χ3n) is 6.10.